The Morgan fingerprint density at radius 3 is 2.93 bits per heavy atom. The van der Waals surface area contributed by atoms with Crippen LogP contribution in [-0.4, -0.2) is 29.6 Å². The smallest absolute Gasteiger partial charge is 0.236 e. The van der Waals surface area contributed by atoms with Crippen molar-refractivity contribution in [3.63, 3.8) is 0 Å². The van der Waals surface area contributed by atoms with Crippen molar-refractivity contribution in [3.05, 3.63) is 12.3 Å². The molecule has 0 amide bonds. The molecule has 76 valence electrons. The van der Waals surface area contributed by atoms with Gasteiger partial charge in [0.15, 0.2) is 0 Å². The minimum absolute atomic E-state index is 0.470. The van der Waals surface area contributed by atoms with Crippen molar-refractivity contribution in [3.8, 4) is 11.5 Å². The molecule has 3 aromatic rings. The number of anilines is 1. The van der Waals surface area contributed by atoms with Crippen LogP contribution in [0.15, 0.2) is 12.3 Å². The van der Waals surface area contributed by atoms with Crippen molar-refractivity contribution in [2.75, 3.05) is 5.73 Å². The molecular weight excluding hydrogens is 214 g/mol. The molecule has 8 heteroatoms. The maximum atomic E-state index is 5.58. The van der Waals surface area contributed by atoms with Crippen LogP contribution in [0.5, 0.6) is 0 Å². The molecule has 3 heterocycles. The van der Waals surface area contributed by atoms with Crippen molar-refractivity contribution in [2.24, 2.45) is 7.05 Å². The molecule has 0 atom stereocenters. The van der Waals surface area contributed by atoms with E-state index in [0.29, 0.717) is 15.9 Å². The number of nitrogen functional groups attached to an aromatic ring is 1. The van der Waals surface area contributed by atoms with E-state index in [4.69, 9.17) is 5.73 Å². The number of nitrogens with zero attached hydrogens (tertiary/aromatic N) is 6. The summed E-state index contributed by atoms with van der Waals surface area (Å²) >= 11 is 1.30. The molecule has 3 aromatic heterocycles. The van der Waals surface area contributed by atoms with E-state index in [-0.39, 0.29) is 0 Å². The molecule has 0 unspecified atom stereocenters. The van der Waals surface area contributed by atoms with Crippen LogP contribution >= 0.6 is 11.3 Å². The second-order valence-corrected chi connectivity index (χ2v) is 4.02. The van der Waals surface area contributed by atoms with Crippen LogP contribution in [0.1, 0.15) is 0 Å². The second-order valence-electron chi connectivity index (χ2n) is 3.03. The Balaban J connectivity index is 2.26. The van der Waals surface area contributed by atoms with Gasteiger partial charge in [0.1, 0.15) is 5.69 Å². The Bertz CT molecular complexity index is 618. The Morgan fingerprint density at radius 1 is 1.33 bits per heavy atom. The molecule has 15 heavy (non-hydrogen) atoms. The van der Waals surface area contributed by atoms with E-state index in [1.807, 2.05) is 19.3 Å². The first-order valence-corrected chi connectivity index (χ1v) is 5.03. The van der Waals surface area contributed by atoms with Gasteiger partial charge >= 0.3 is 0 Å². The minimum Gasteiger partial charge on any atom is -0.374 e. The first-order valence-electron chi connectivity index (χ1n) is 4.22. The Hall–Kier alpha value is -1.96. The topological polar surface area (TPSA) is 86.9 Å². The molecule has 0 bridgehead atoms. The van der Waals surface area contributed by atoms with E-state index in [9.17, 15) is 0 Å². The molecule has 7 nitrogen and oxygen atoms in total. The lowest BCUT2D eigenvalue weighted by Crippen LogP contribution is -1.94. The second kappa shape index (κ2) is 2.76. The summed E-state index contributed by atoms with van der Waals surface area (Å²) in [6.45, 7) is 0. The molecule has 0 aliphatic rings. The molecule has 0 saturated heterocycles. The van der Waals surface area contributed by atoms with Crippen LogP contribution in [0.3, 0.4) is 0 Å². The molecule has 0 aliphatic heterocycles. The predicted octanol–water partition coefficient (Wildman–Crippen LogP) is 0.168. The number of hydrogen-bond donors (Lipinski definition) is 1. The molecule has 0 aliphatic carbocycles. The van der Waals surface area contributed by atoms with Gasteiger partial charge in [0.05, 0.1) is 0 Å². The van der Waals surface area contributed by atoms with Gasteiger partial charge in [0, 0.05) is 13.2 Å². The lowest BCUT2D eigenvalue weighted by atomic mass is 10.4. The van der Waals surface area contributed by atoms with E-state index in [2.05, 4.69) is 20.4 Å². The number of nitrogens with two attached hydrogens (primary N) is 1. The Kier molecular flexibility index (Phi) is 1.54. The van der Waals surface area contributed by atoms with Crippen LogP contribution in [-0.2, 0) is 7.05 Å². The average molecular weight is 221 g/mol. The summed E-state index contributed by atoms with van der Waals surface area (Å²) < 4.78 is 3.30. The summed E-state index contributed by atoms with van der Waals surface area (Å²) in [5.41, 5.74) is 6.31. The number of aromatic nitrogens is 6. The summed E-state index contributed by atoms with van der Waals surface area (Å²) in [6.07, 6.45) is 1.84. The minimum atomic E-state index is 0.470. The SMILES string of the molecule is Cn1ccc(-c2nnc3sc(N)nn23)n1. The van der Waals surface area contributed by atoms with Gasteiger partial charge in [-0.25, -0.2) is 0 Å². The highest BCUT2D eigenvalue weighted by molar-refractivity contribution is 7.20. The van der Waals surface area contributed by atoms with E-state index in [1.54, 1.807) is 9.20 Å². The van der Waals surface area contributed by atoms with Crippen LogP contribution in [0.2, 0.25) is 0 Å². The Labute approximate surface area is 88.2 Å². The monoisotopic (exact) mass is 221 g/mol. The lowest BCUT2D eigenvalue weighted by molar-refractivity contribution is 0.766. The summed E-state index contributed by atoms with van der Waals surface area (Å²) in [4.78, 5) is 0.674. The Morgan fingerprint density at radius 2 is 2.20 bits per heavy atom. The summed E-state index contributed by atoms with van der Waals surface area (Å²) in [6, 6.07) is 1.85. The molecule has 0 aromatic carbocycles. The van der Waals surface area contributed by atoms with Crippen molar-refractivity contribution in [1.29, 1.82) is 0 Å². The first-order chi connectivity index (χ1) is 7.24. The maximum Gasteiger partial charge on any atom is 0.236 e. The average Bonchev–Trinajstić information content (AvgIpc) is 2.80. The fourth-order valence-electron chi connectivity index (χ4n) is 1.33. The van der Waals surface area contributed by atoms with Gasteiger partial charge in [-0.3, -0.25) is 4.68 Å². The number of fused-ring (bicyclic) bond motifs is 1. The first kappa shape index (κ1) is 8.36. The normalized spacial score (nSPS) is 11.3. The van der Waals surface area contributed by atoms with E-state index < -0.39 is 0 Å². The highest BCUT2D eigenvalue weighted by Crippen LogP contribution is 2.20. The van der Waals surface area contributed by atoms with Crippen LogP contribution < -0.4 is 5.73 Å². The number of rotatable bonds is 1. The molecule has 0 fully saturated rings. The van der Waals surface area contributed by atoms with E-state index >= 15 is 0 Å². The third kappa shape index (κ3) is 1.18. The zero-order chi connectivity index (χ0) is 10.4. The van der Waals surface area contributed by atoms with Gasteiger partial charge in [-0.1, -0.05) is 11.3 Å². The standard InChI is InChI=1S/C7H7N7S/c1-13-3-2-4(11-13)5-9-10-7-14(5)12-6(8)15-7/h2-3H,1H3,(H2,8,12). The van der Waals surface area contributed by atoms with Gasteiger partial charge < -0.3 is 5.73 Å². The molecule has 0 saturated carbocycles. The van der Waals surface area contributed by atoms with Crippen LogP contribution in [0.25, 0.3) is 16.5 Å². The van der Waals surface area contributed by atoms with Crippen molar-refractivity contribution in [1.82, 2.24) is 29.6 Å². The zero-order valence-corrected chi connectivity index (χ0v) is 8.64. The number of aryl methyl sites for hydroxylation is 1. The summed E-state index contributed by atoms with van der Waals surface area (Å²) in [7, 11) is 1.84. The number of hydrogen-bond acceptors (Lipinski definition) is 6. The van der Waals surface area contributed by atoms with Crippen molar-refractivity contribution in [2.45, 2.75) is 0 Å². The lowest BCUT2D eigenvalue weighted by Gasteiger charge is -1.89. The summed E-state index contributed by atoms with van der Waals surface area (Å²) in [5, 5.41) is 16.8. The summed E-state index contributed by atoms with van der Waals surface area (Å²) in [5.74, 6) is 0.610. The molecular formula is C7H7N7S. The third-order valence-electron chi connectivity index (χ3n) is 1.95. The van der Waals surface area contributed by atoms with E-state index in [0.717, 1.165) is 5.69 Å². The molecule has 0 spiro atoms. The third-order valence-corrected chi connectivity index (χ3v) is 2.68. The maximum absolute atomic E-state index is 5.58. The van der Waals surface area contributed by atoms with Crippen LogP contribution in [0, 0.1) is 0 Å². The van der Waals surface area contributed by atoms with Gasteiger partial charge in [0.2, 0.25) is 15.9 Å². The molecule has 2 N–H and O–H groups in total. The van der Waals surface area contributed by atoms with Gasteiger partial charge in [-0.05, 0) is 6.07 Å². The van der Waals surface area contributed by atoms with Crippen molar-refractivity contribution >= 4 is 21.4 Å². The van der Waals surface area contributed by atoms with Gasteiger partial charge in [0.25, 0.3) is 0 Å². The highest BCUT2D eigenvalue weighted by atomic mass is 32.1. The van der Waals surface area contributed by atoms with Crippen LogP contribution in [0.4, 0.5) is 5.13 Å². The highest BCUT2D eigenvalue weighted by Gasteiger charge is 2.13. The van der Waals surface area contributed by atoms with Gasteiger partial charge in [-0.2, -0.15) is 9.61 Å². The van der Waals surface area contributed by atoms with Gasteiger partial charge in [-0.15, -0.1) is 15.3 Å². The predicted molar refractivity (Wildman–Crippen MR) is 55.3 cm³/mol. The van der Waals surface area contributed by atoms with Crippen molar-refractivity contribution < 1.29 is 0 Å². The zero-order valence-electron chi connectivity index (χ0n) is 7.82. The fourth-order valence-corrected chi connectivity index (χ4v) is 1.93. The molecule has 0 radical (unpaired) electrons. The quantitative estimate of drug-likeness (QED) is 0.633. The molecule has 3 rings (SSSR count). The van der Waals surface area contributed by atoms with E-state index in [1.165, 1.54) is 11.3 Å². The fraction of sp³-hybridized carbons (Fsp3) is 0.143. The largest absolute Gasteiger partial charge is 0.374 e.